The van der Waals surface area contributed by atoms with Crippen molar-refractivity contribution in [1.29, 1.82) is 0 Å². The Balaban J connectivity index is 1.55. The molecule has 0 aliphatic carbocycles. The Hall–Kier alpha value is -4.78. The summed E-state index contributed by atoms with van der Waals surface area (Å²) in [5.74, 6) is 0.476. The molecule has 0 aromatic heterocycles. The molecule has 0 radical (unpaired) electrons. The third kappa shape index (κ3) is 6.67. The Bertz CT molecular complexity index is 1290. The number of anilines is 2. The van der Waals surface area contributed by atoms with E-state index in [9.17, 15) is 9.59 Å². The number of carbonyl (C=O) groups is 2. The fourth-order valence-electron chi connectivity index (χ4n) is 3.79. The monoisotopic (exact) mass is 496 g/mol. The van der Waals surface area contributed by atoms with Crippen LogP contribution in [-0.2, 0) is 4.74 Å². The molecule has 0 heterocycles. The summed E-state index contributed by atoms with van der Waals surface area (Å²) in [6.07, 6.45) is -0.451. The lowest BCUT2D eigenvalue weighted by molar-refractivity contribution is 0.0594. The number of rotatable bonds is 9. The summed E-state index contributed by atoms with van der Waals surface area (Å²) >= 11 is 0. The van der Waals surface area contributed by atoms with E-state index >= 15 is 0 Å². The Morgan fingerprint density at radius 3 is 1.89 bits per heavy atom. The van der Waals surface area contributed by atoms with Gasteiger partial charge in [0, 0.05) is 11.4 Å². The van der Waals surface area contributed by atoms with Crippen molar-refractivity contribution in [2.45, 2.75) is 13.0 Å². The second-order valence-electron chi connectivity index (χ2n) is 8.06. The number of nitrogens with one attached hydrogen (secondary N) is 2. The molecule has 2 N–H and O–H groups in total. The lowest BCUT2D eigenvalue weighted by Gasteiger charge is -2.22. The van der Waals surface area contributed by atoms with Crippen molar-refractivity contribution in [2.24, 2.45) is 0 Å². The van der Waals surface area contributed by atoms with Crippen LogP contribution in [0, 0.1) is 0 Å². The largest absolute Gasteiger partial charge is 0.494 e. The maximum Gasteiger partial charge on any atom is 0.341 e. The minimum absolute atomic E-state index is 0.193. The number of amides is 2. The molecule has 4 rings (SSSR count). The van der Waals surface area contributed by atoms with Crippen molar-refractivity contribution in [1.82, 2.24) is 0 Å². The molecule has 7 nitrogen and oxygen atoms in total. The van der Waals surface area contributed by atoms with Crippen molar-refractivity contribution < 1.29 is 23.8 Å². The molecule has 37 heavy (non-hydrogen) atoms. The second kappa shape index (κ2) is 12.3. The van der Waals surface area contributed by atoms with Gasteiger partial charge < -0.3 is 24.8 Å². The molecule has 0 spiro atoms. The van der Waals surface area contributed by atoms with Crippen molar-refractivity contribution in [3.8, 4) is 11.5 Å². The number of methoxy groups -OCH3 is 1. The summed E-state index contributed by atoms with van der Waals surface area (Å²) in [6.45, 7) is 2.47. The summed E-state index contributed by atoms with van der Waals surface area (Å²) in [4.78, 5) is 25.2. The molecule has 0 unspecified atom stereocenters. The number of carbonyl (C=O) groups excluding carboxylic acids is 2. The standard InChI is InChI=1S/C30H28N2O5/c1-3-36-25-17-14-23(15-18-25)31-30(34)32-24-16-19-27(26(20-24)29(33)35-2)37-28(21-10-6-4-7-11-21)22-12-8-5-9-13-22/h4-20,28H,3H2,1-2H3,(H2,31,32,34). The third-order valence-corrected chi connectivity index (χ3v) is 5.52. The van der Waals surface area contributed by atoms with Crippen LogP contribution in [-0.4, -0.2) is 25.7 Å². The van der Waals surface area contributed by atoms with Gasteiger partial charge in [-0.15, -0.1) is 0 Å². The molecule has 188 valence electrons. The van der Waals surface area contributed by atoms with Gasteiger partial charge in [-0.1, -0.05) is 60.7 Å². The predicted octanol–water partition coefficient (Wildman–Crippen LogP) is 6.68. The van der Waals surface area contributed by atoms with Crippen molar-refractivity contribution >= 4 is 23.4 Å². The summed E-state index contributed by atoms with van der Waals surface area (Å²) in [5.41, 5.74) is 3.07. The number of urea groups is 1. The average Bonchev–Trinajstić information content (AvgIpc) is 2.94. The molecule has 0 fully saturated rings. The maximum atomic E-state index is 12.7. The van der Waals surface area contributed by atoms with E-state index in [0.29, 0.717) is 23.7 Å². The molecule has 0 saturated heterocycles. The van der Waals surface area contributed by atoms with E-state index in [1.165, 1.54) is 13.2 Å². The topological polar surface area (TPSA) is 85.9 Å². The number of hydrogen-bond donors (Lipinski definition) is 2. The van der Waals surface area contributed by atoms with Crippen LogP contribution in [0.2, 0.25) is 0 Å². The first-order valence-corrected chi connectivity index (χ1v) is 11.9. The Labute approximate surface area is 216 Å². The van der Waals surface area contributed by atoms with Crippen LogP contribution < -0.4 is 20.1 Å². The molecule has 0 bridgehead atoms. The fraction of sp³-hybridized carbons (Fsp3) is 0.133. The summed E-state index contributed by atoms with van der Waals surface area (Å²) < 4.78 is 16.8. The van der Waals surface area contributed by atoms with Gasteiger partial charge in [0.1, 0.15) is 23.2 Å². The van der Waals surface area contributed by atoms with Crippen LogP contribution in [0.25, 0.3) is 0 Å². The van der Waals surface area contributed by atoms with Crippen LogP contribution in [0.15, 0.2) is 103 Å². The SMILES string of the molecule is CCOc1ccc(NC(=O)Nc2ccc(OC(c3ccccc3)c3ccccc3)c(C(=O)OC)c2)cc1. The van der Waals surface area contributed by atoms with E-state index in [4.69, 9.17) is 14.2 Å². The van der Waals surface area contributed by atoms with Crippen LogP contribution in [0.3, 0.4) is 0 Å². The van der Waals surface area contributed by atoms with E-state index < -0.39 is 18.1 Å². The minimum atomic E-state index is -0.578. The zero-order valence-electron chi connectivity index (χ0n) is 20.6. The Kier molecular flexibility index (Phi) is 8.39. The van der Waals surface area contributed by atoms with Gasteiger partial charge in [-0.05, 0) is 60.5 Å². The Morgan fingerprint density at radius 2 is 1.32 bits per heavy atom. The summed E-state index contributed by atoms with van der Waals surface area (Å²) in [5, 5.41) is 5.51. The summed E-state index contributed by atoms with van der Waals surface area (Å²) in [6, 6.07) is 30.9. The van der Waals surface area contributed by atoms with Crippen LogP contribution in [0.1, 0.15) is 34.5 Å². The fourth-order valence-corrected chi connectivity index (χ4v) is 3.79. The average molecular weight is 497 g/mol. The van der Waals surface area contributed by atoms with Crippen LogP contribution in [0.4, 0.5) is 16.2 Å². The minimum Gasteiger partial charge on any atom is -0.494 e. The normalized spacial score (nSPS) is 10.5. The first-order valence-electron chi connectivity index (χ1n) is 11.9. The van der Waals surface area contributed by atoms with Gasteiger partial charge in [-0.2, -0.15) is 0 Å². The van der Waals surface area contributed by atoms with Gasteiger partial charge in [0.15, 0.2) is 0 Å². The zero-order valence-corrected chi connectivity index (χ0v) is 20.6. The predicted molar refractivity (Wildman–Crippen MR) is 143 cm³/mol. The summed E-state index contributed by atoms with van der Waals surface area (Å²) in [7, 11) is 1.30. The van der Waals surface area contributed by atoms with Gasteiger partial charge in [-0.3, -0.25) is 0 Å². The zero-order chi connectivity index (χ0) is 26.0. The molecular weight excluding hydrogens is 468 g/mol. The first-order chi connectivity index (χ1) is 18.1. The number of benzene rings is 4. The lowest BCUT2D eigenvalue weighted by atomic mass is 10.0. The molecule has 0 aliphatic heterocycles. The lowest BCUT2D eigenvalue weighted by Crippen LogP contribution is -2.20. The molecule has 2 amide bonds. The number of ether oxygens (including phenoxy) is 3. The van der Waals surface area contributed by atoms with Crippen molar-refractivity contribution in [2.75, 3.05) is 24.4 Å². The highest BCUT2D eigenvalue weighted by Gasteiger charge is 2.21. The smallest absolute Gasteiger partial charge is 0.341 e. The van der Waals surface area contributed by atoms with Crippen LogP contribution >= 0.6 is 0 Å². The second-order valence-corrected chi connectivity index (χ2v) is 8.06. The highest BCUT2D eigenvalue weighted by Crippen LogP contribution is 2.32. The molecule has 4 aromatic carbocycles. The van der Waals surface area contributed by atoms with Gasteiger partial charge in [0.2, 0.25) is 0 Å². The Morgan fingerprint density at radius 1 is 0.757 bits per heavy atom. The van der Waals surface area contributed by atoms with Gasteiger partial charge in [-0.25, -0.2) is 9.59 Å². The van der Waals surface area contributed by atoms with E-state index in [0.717, 1.165) is 16.9 Å². The van der Waals surface area contributed by atoms with Gasteiger partial charge >= 0.3 is 12.0 Å². The molecule has 4 aromatic rings. The quantitative estimate of drug-likeness (QED) is 0.252. The number of hydrogen-bond acceptors (Lipinski definition) is 5. The van der Waals surface area contributed by atoms with Crippen molar-refractivity contribution in [3.63, 3.8) is 0 Å². The molecule has 7 heteroatoms. The molecular formula is C30H28N2O5. The molecule has 0 atom stereocenters. The highest BCUT2D eigenvalue weighted by molar-refractivity contribution is 6.01. The third-order valence-electron chi connectivity index (χ3n) is 5.52. The van der Waals surface area contributed by atoms with E-state index in [1.807, 2.05) is 67.6 Å². The molecule has 0 saturated carbocycles. The van der Waals surface area contributed by atoms with Crippen molar-refractivity contribution in [3.05, 3.63) is 120 Å². The van der Waals surface area contributed by atoms with E-state index in [1.54, 1.807) is 36.4 Å². The molecule has 0 aliphatic rings. The van der Waals surface area contributed by atoms with Gasteiger partial charge in [0.25, 0.3) is 0 Å². The van der Waals surface area contributed by atoms with Gasteiger partial charge in [0.05, 0.1) is 13.7 Å². The maximum absolute atomic E-state index is 12.7. The van der Waals surface area contributed by atoms with E-state index in [-0.39, 0.29) is 5.56 Å². The number of esters is 1. The van der Waals surface area contributed by atoms with Crippen LogP contribution in [0.5, 0.6) is 11.5 Å². The first kappa shape index (κ1) is 25.3. The highest BCUT2D eigenvalue weighted by atomic mass is 16.5. The van der Waals surface area contributed by atoms with E-state index in [2.05, 4.69) is 10.6 Å².